The highest BCUT2D eigenvalue weighted by Crippen LogP contribution is 2.22. The first kappa shape index (κ1) is 15.3. The van der Waals surface area contributed by atoms with E-state index in [9.17, 15) is 18.0 Å². The number of rotatable bonds is 5. The number of hydrogen-bond acceptors (Lipinski definition) is 3. The van der Waals surface area contributed by atoms with Crippen LogP contribution in [-0.2, 0) is 4.79 Å². The number of benzene rings is 1. The molecule has 0 saturated carbocycles. The largest absolute Gasteiger partial charge is 0.484 e. The highest BCUT2D eigenvalue weighted by atomic mass is 19.4. The SMILES string of the molecule is C[C@@H](NC(=O)COc1ccccc1)C(O)C(F)(F)F. The number of aliphatic hydroxyl groups excluding tert-OH is 1. The Morgan fingerprint density at radius 2 is 1.95 bits per heavy atom. The molecule has 2 atom stereocenters. The van der Waals surface area contributed by atoms with Crippen LogP contribution in [0.3, 0.4) is 0 Å². The maximum atomic E-state index is 12.2. The summed E-state index contributed by atoms with van der Waals surface area (Å²) in [5, 5.41) is 10.9. The molecule has 0 aromatic heterocycles. The molecule has 19 heavy (non-hydrogen) atoms. The molecule has 0 aliphatic rings. The molecule has 0 saturated heterocycles. The van der Waals surface area contributed by atoms with Crippen molar-refractivity contribution in [3.8, 4) is 5.75 Å². The van der Waals surface area contributed by atoms with E-state index in [0.717, 1.165) is 6.92 Å². The summed E-state index contributed by atoms with van der Waals surface area (Å²) >= 11 is 0. The van der Waals surface area contributed by atoms with E-state index < -0.39 is 30.8 Å². The van der Waals surface area contributed by atoms with E-state index in [-0.39, 0.29) is 0 Å². The second-order valence-electron chi connectivity index (χ2n) is 3.94. The van der Waals surface area contributed by atoms with Gasteiger partial charge in [0.05, 0.1) is 6.04 Å². The number of alkyl halides is 3. The fourth-order valence-electron chi connectivity index (χ4n) is 1.32. The standard InChI is InChI=1S/C12H14F3NO3/c1-8(11(18)12(13,14)15)16-10(17)7-19-9-5-3-2-4-6-9/h2-6,8,11,18H,7H2,1H3,(H,16,17)/t8-,11?/m1/s1. The van der Waals surface area contributed by atoms with Crippen LogP contribution in [0.25, 0.3) is 0 Å². The third kappa shape index (κ3) is 5.17. The molecular weight excluding hydrogens is 263 g/mol. The molecule has 0 aliphatic heterocycles. The number of nitrogens with one attached hydrogen (secondary N) is 1. The van der Waals surface area contributed by atoms with Crippen LogP contribution in [0.2, 0.25) is 0 Å². The van der Waals surface area contributed by atoms with Gasteiger partial charge in [-0.05, 0) is 19.1 Å². The lowest BCUT2D eigenvalue weighted by atomic mass is 10.2. The molecule has 7 heteroatoms. The van der Waals surface area contributed by atoms with E-state index in [1.807, 2.05) is 5.32 Å². The fourth-order valence-corrected chi connectivity index (χ4v) is 1.32. The van der Waals surface area contributed by atoms with Gasteiger partial charge in [-0.2, -0.15) is 13.2 Å². The van der Waals surface area contributed by atoms with Crippen molar-refractivity contribution in [1.29, 1.82) is 0 Å². The van der Waals surface area contributed by atoms with Crippen molar-refractivity contribution in [2.75, 3.05) is 6.61 Å². The summed E-state index contributed by atoms with van der Waals surface area (Å²) in [6.07, 6.45) is -7.37. The Morgan fingerprint density at radius 1 is 1.37 bits per heavy atom. The van der Waals surface area contributed by atoms with Gasteiger partial charge in [0, 0.05) is 0 Å². The number of para-hydroxylation sites is 1. The van der Waals surface area contributed by atoms with E-state index in [0.29, 0.717) is 5.75 Å². The molecule has 1 rings (SSSR count). The predicted octanol–water partition coefficient (Wildman–Crippen LogP) is 1.49. The zero-order valence-corrected chi connectivity index (χ0v) is 10.1. The summed E-state index contributed by atoms with van der Waals surface area (Å²) in [5.41, 5.74) is 0. The molecule has 0 heterocycles. The van der Waals surface area contributed by atoms with Crippen LogP contribution >= 0.6 is 0 Å². The van der Waals surface area contributed by atoms with Gasteiger partial charge < -0.3 is 15.2 Å². The first-order valence-electron chi connectivity index (χ1n) is 5.52. The number of amides is 1. The maximum absolute atomic E-state index is 12.2. The zero-order valence-electron chi connectivity index (χ0n) is 10.1. The van der Waals surface area contributed by atoms with Crippen molar-refractivity contribution in [3.63, 3.8) is 0 Å². The van der Waals surface area contributed by atoms with E-state index in [1.165, 1.54) is 0 Å². The molecule has 1 unspecified atom stereocenters. The van der Waals surface area contributed by atoms with Crippen molar-refractivity contribution < 1.29 is 27.8 Å². The number of aliphatic hydroxyl groups is 1. The maximum Gasteiger partial charge on any atom is 0.416 e. The molecule has 0 radical (unpaired) electrons. The molecule has 0 spiro atoms. The molecule has 1 aromatic rings. The summed E-state index contributed by atoms with van der Waals surface area (Å²) in [7, 11) is 0. The lowest BCUT2D eigenvalue weighted by Gasteiger charge is -2.22. The topological polar surface area (TPSA) is 58.6 Å². The van der Waals surface area contributed by atoms with Gasteiger partial charge in [-0.3, -0.25) is 4.79 Å². The average Bonchev–Trinajstić information content (AvgIpc) is 2.35. The Bertz CT molecular complexity index is 408. The summed E-state index contributed by atoms with van der Waals surface area (Å²) in [5.74, 6) is -0.304. The lowest BCUT2D eigenvalue weighted by molar-refractivity contribution is -0.210. The Hall–Kier alpha value is -1.76. The molecule has 4 nitrogen and oxygen atoms in total. The van der Waals surface area contributed by atoms with Crippen molar-refractivity contribution >= 4 is 5.91 Å². The molecule has 0 bridgehead atoms. The van der Waals surface area contributed by atoms with Crippen molar-refractivity contribution in [2.24, 2.45) is 0 Å². The van der Waals surface area contributed by atoms with Gasteiger partial charge in [0.25, 0.3) is 5.91 Å². The van der Waals surface area contributed by atoms with Gasteiger partial charge in [-0.15, -0.1) is 0 Å². The highest BCUT2D eigenvalue weighted by Gasteiger charge is 2.42. The highest BCUT2D eigenvalue weighted by molar-refractivity contribution is 5.77. The van der Waals surface area contributed by atoms with Crippen LogP contribution in [0.5, 0.6) is 5.75 Å². The Morgan fingerprint density at radius 3 is 2.47 bits per heavy atom. The van der Waals surface area contributed by atoms with E-state index in [1.54, 1.807) is 30.3 Å². The molecule has 2 N–H and O–H groups in total. The zero-order chi connectivity index (χ0) is 14.5. The van der Waals surface area contributed by atoms with Gasteiger partial charge in [-0.1, -0.05) is 18.2 Å². The average molecular weight is 277 g/mol. The summed E-state index contributed by atoms with van der Waals surface area (Å²) in [6.45, 7) is 0.650. The van der Waals surface area contributed by atoms with Gasteiger partial charge in [0.1, 0.15) is 5.75 Å². The van der Waals surface area contributed by atoms with Crippen LogP contribution < -0.4 is 10.1 Å². The molecule has 0 fully saturated rings. The van der Waals surface area contributed by atoms with E-state index >= 15 is 0 Å². The predicted molar refractivity (Wildman–Crippen MR) is 61.6 cm³/mol. The van der Waals surface area contributed by atoms with Crippen LogP contribution in [0.1, 0.15) is 6.92 Å². The summed E-state index contributed by atoms with van der Waals surface area (Å²) in [6, 6.07) is 6.94. The first-order chi connectivity index (χ1) is 8.80. The second-order valence-corrected chi connectivity index (χ2v) is 3.94. The van der Waals surface area contributed by atoms with Gasteiger partial charge in [0.15, 0.2) is 12.7 Å². The van der Waals surface area contributed by atoms with Crippen molar-refractivity contribution in [2.45, 2.75) is 25.2 Å². The summed E-state index contributed by atoms with van der Waals surface area (Å²) in [4.78, 5) is 11.3. The second kappa shape index (κ2) is 6.42. The third-order valence-corrected chi connectivity index (χ3v) is 2.31. The molecule has 0 aliphatic carbocycles. The number of carbonyl (C=O) groups excluding carboxylic acids is 1. The quantitative estimate of drug-likeness (QED) is 0.857. The molecular formula is C12H14F3NO3. The fraction of sp³-hybridized carbons (Fsp3) is 0.417. The molecule has 1 amide bonds. The monoisotopic (exact) mass is 277 g/mol. The van der Waals surface area contributed by atoms with Gasteiger partial charge in [-0.25, -0.2) is 0 Å². The number of ether oxygens (including phenoxy) is 1. The van der Waals surface area contributed by atoms with Gasteiger partial charge >= 0.3 is 6.18 Å². The van der Waals surface area contributed by atoms with Crippen LogP contribution in [0.15, 0.2) is 30.3 Å². The smallest absolute Gasteiger partial charge is 0.416 e. The van der Waals surface area contributed by atoms with Crippen molar-refractivity contribution in [3.05, 3.63) is 30.3 Å². The molecule has 1 aromatic carbocycles. The first-order valence-corrected chi connectivity index (χ1v) is 5.52. The Labute approximate surface area is 108 Å². The van der Waals surface area contributed by atoms with Crippen LogP contribution in [-0.4, -0.2) is 35.9 Å². The minimum atomic E-state index is -4.77. The van der Waals surface area contributed by atoms with Crippen LogP contribution in [0.4, 0.5) is 13.2 Å². The Kier molecular flexibility index (Phi) is 5.17. The Balaban J connectivity index is 2.39. The number of hydrogen-bond donors (Lipinski definition) is 2. The third-order valence-electron chi connectivity index (χ3n) is 2.31. The molecule has 106 valence electrons. The minimum Gasteiger partial charge on any atom is -0.484 e. The minimum absolute atomic E-state index is 0.418. The van der Waals surface area contributed by atoms with Crippen LogP contribution in [0, 0.1) is 0 Å². The van der Waals surface area contributed by atoms with Crippen molar-refractivity contribution in [1.82, 2.24) is 5.32 Å². The number of carbonyl (C=O) groups is 1. The number of halogens is 3. The van der Waals surface area contributed by atoms with E-state index in [2.05, 4.69) is 0 Å². The summed E-state index contributed by atoms with van der Waals surface area (Å²) < 4.78 is 41.6. The normalized spacial score (nSPS) is 14.6. The lowest BCUT2D eigenvalue weighted by Crippen LogP contribution is -2.49. The van der Waals surface area contributed by atoms with E-state index in [4.69, 9.17) is 9.84 Å². The van der Waals surface area contributed by atoms with Gasteiger partial charge in [0.2, 0.25) is 0 Å².